The van der Waals surface area contributed by atoms with Crippen molar-refractivity contribution in [3.8, 4) is 0 Å². The van der Waals surface area contributed by atoms with Crippen LogP contribution in [0, 0.1) is 6.92 Å². The number of aryl methyl sites for hydroxylation is 1. The highest BCUT2D eigenvalue weighted by atomic mass is 127. The number of rotatable bonds is 6. The van der Waals surface area contributed by atoms with Crippen LogP contribution in [0.4, 0.5) is 0 Å². The molecule has 0 saturated carbocycles. The van der Waals surface area contributed by atoms with Crippen LogP contribution in [0.3, 0.4) is 0 Å². The van der Waals surface area contributed by atoms with Gasteiger partial charge in [0.1, 0.15) is 0 Å². The molecule has 2 N–H and O–H groups in total. The molecule has 0 aliphatic rings. The Morgan fingerprint density at radius 3 is 2.61 bits per heavy atom. The van der Waals surface area contributed by atoms with E-state index >= 15 is 0 Å². The lowest BCUT2D eigenvalue weighted by Gasteiger charge is -2.16. The van der Waals surface area contributed by atoms with Gasteiger partial charge in [-0.25, -0.2) is 9.98 Å². The summed E-state index contributed by atoms with van der Waals surface area (Å²) >= 11 is 1.66. The second kappa shape index (κ2) is 10.6. The lowest BCUT2D eigenvalue weighted by Crippen LogP contribution is -2.39. The molecule has 126 valence electrons. The molecule has 6 heteroatoms. The third-order valence-corrected chi connectivity index (χ3v) is 4.43. The zero-order valence-corrected chi connectivity index (χ0v) is 17.0. The highest BCUT2D eigenvalue weighted by molar-refractivity contribution is 14.0. The molecule has 1 aromatic carbocycles. The van der Waals surface area contributed by atoms with Crippen LogP contribution in [0.1, 0.15) is 35.9 Å². The van der Waals surface area contributed by atoms with Crippen molar-refractivity contribution in [2.45, 2.75) is 33.2 Å². The summed E-state index contributed by atoms with van der Waals surface area (Å²) in [6, 6.07) is 10.5. The van der Waals surface area contributed by atoms with E-state index in [4.69, 9.17) is 0 Å². The fourth-order valence-corrected chi connectivity index (χ4v) is 2.82. The number of guanidine groups is 1. The van der Waals surface area contributed by atoms with Crippen molar-refractivity contribution >= 4 is 41.3 Å². The maximum atomic E-state index is 4.65. The minimum Gasteiger partial charge on any atom is -0.357 e. The van der Waals surface area contributed by atoms with E-state index < -0.39 is 0 Å². The predicted molar refractivity (Wildman–Crippen MR) is 110 cm³/mol. The fourth-order valence-electron chi connectivity index (χ4n) is 2.12. The molecule has 0 saturated heterocycles. The van der Waals surface area contributed by atoms with Gasteiger partial charge in [-0.3, -0.25) is 0 Å². The number of nitrogens with zero attached hydrogens (tertiary/aromatic N) is 2. The molecule has 1 aromatic heterocycles. The largest absolute Gasteiger partial charge is 0.357 e. The van der Waals surface area contributed by atoms with Crippen LogP contribution < -0.4 is 10.6 Å². The van der Waals surface area contributed by atoms with Crippen molar-refractivity contribution in [1.82, 2.24) is 15.6 Å². The SMILES string of the molecule is CCNC(=NCc1scnc1C)NCC(C)c1ccccc1.I. The van der Waals surface area contributed by atoms with E-state index in [0.29, 0.717) is 12.5 Å². The second-order valence-electron chi connectivity index (χ2n) is 5.25. The molecule has 0 spiro atoms. The van der Waals surface area contributed by atoms with E-state index in [-0.39, 0.29) is 24.0 Å². The highest BCUT2D eigenvalue weighted by Gasteiger charge is 2.06. The minimum atomic E-state index is 0. The van der Waals surface area contributed by atoms with E-state index in [1.54, 1.807) is 11.3 Å². The van der Waals surface area contributed by atoms with Gasteiger partial charge in [-0.05, 0) is 25.3 Å². The van der Waals surface area contributed by atoms with Gasteiger partial charge in [0.15, 0.2) is 5.96 Å². The normalized spacial score (nSPS) is 12.4. The molecule has 2 aromatic rings. The summed E-state index contributed by atoms with van der Waals surface area (Å²) in [5, 5.41) is 6.72. The number of aliphatic imine (C=N–C) groups is 1. The van der Waals surface area contributed by atoms with Gasteiger partial charge < -0.3 is 10.6 Å². The van der Waals surface area contributed by atoms with E-state index in [2.05, 4.69) is 58.7 Å². The third kappa shape index (κ3) is 6.47. The van der Waals surface area contributed by atoms with Crippen LogP contribution in [0.15, 0.2) is 40.8 Å². The highest BCUT2D eigenvalue weighted by Crippen LogP contribution is 2.14. The van der Waals surface area contributed by atoms with E-state index in [1.165, 1.54) is 10.4 Å². The Morgan fingerprint density at radius 2 is 2.00 bits per heavy atom. The summed E-state index contributed by atoms with van der Waals surface area (Å²) in [4.78, 5) is 10.1. The second-order valence-corrected chi connectivity index (χ2v) is 6.19. The molecule has 1 unspecified atom stereocenters. The standard InChI is InChI=1S/C17H24N4S.HI/c1-4-18-17(20-11-16-14(3)21-12-22-16)19-10-13(2)15-8-6-5-7-9-15;/h5-9,12-13H,4,10-11H2,1-3H3,(H2,18,19,20);1H. The van der Waals surface area contributed by atoms with Crippen molar-refractivity contribution < 1.29 is 0 Å². The zero-order chi connectivity index (χ0) is 15.8. The van der Waals surface area contributed by atoms with Crippen LogP contribution in [0.5, 0.6) is 0 Å². The van der Waals surface area contributed by atoms with Gasteiger partial charge >= 0.3 is 0 Å². The average Bonchev–Trinajstić information content (AvgIpc) is 2.96. The smallest absolute Gasteiger partial charge is 0.191 e. The summed E-state index contributed by atoms with van der Waals surface area (Å²) < 4.78 is 0. The molecule has 2 rings (SSSR count). The number of hydrogen-bond acceptors (Lipinski definition) is 3. The van der Waals surface area contributed by atoms with Crippen molar-refractivity contribution in [2.75, 3.05) is 13.1 Å². The first-order valence-electron chi connectivity index (χ1n) is 7.66. The first-order valence-corrected chi connectivity index (χ1v) is 8.54. The van der Waals surface area contributed by atoms with Gasteiger partial charge in [-0.1, -0.05) is 37.3 Å². The summed E-state index contributed by atoms with van der Waals surface area (Å²) in [6.45, 7) is 8.71. The molecule has 4 nitrogen and oxygen atoms in total. The number of thiazole rings is 1. The lowest BCUT2D eigenvalue weighted by atomic mass is 10.0. The van der Waals surface area contributed by atoms with Gasteiger partial charge in [0.05, 0.1) is 17.7 Å². The van der Waals surface area contributed by atoms with Gasteiger partial charge in [-0.15, -0.1) is 35.3 Å². The molecule has 0 amide bonds. The number of hydrogen-bond donors (Lipinski definition) is 2. The quantitative estimate of drug-likeness (QED) is 0.403. The molecular weight excluding hydrogens is 419 g/mol. The monoisotopic (exact) mass is 444 g/mol. The van der Waals surface area contributed by atoms with Crippen molar-refractivity contribution in [3.05, 3.63) is 52.0 Å². The number of benzene rings is 1. The summed E-state index contributed by atoms with van der Waals surface area (Å²) in [7, 11) is 0. The Kier molecular flexibility index (Phi) is 9.16. The van der Waals surface area contributed by atoms with Crippen LogP contribution in [-0.2, 0) is 6.54 Å². The predicted octanol–water partition coefficient (Wildman–Crippen LogP) is 3.93. The zero-order valence-electron chi connectivity index (χ0n) is 13.9. The first kappa shape index (κ1) is 19.9. The lowest BCUT2D eigenvalue weighted by molar-refractivity contribution is 0.700. The Hall–Kier alpha value is -1.15. The molecule has 1 atom stereocenters. The Morgan fingerprint density at radius 1 is 1.26 bits per heavy atom. The van der Waals surface area contributed by atoms with E-state index in [1.807, 2.05) is 18.5 Å². The van der Waals surface area contributed by atoms with Crippen LogP contribution in [0.25, 0.3) is 0 Å². The van der Waals surface area contributed by atoms with Gasteiger partial charge in [0, 0.05) is 18.0 Å². The fraction of sp³-hybridized carbons (Fsp3) is 0.412. The number of halogens is 1. The van der Waals surface area contributed by atoms with Crippen molar-refractivity contribution in [1.29, 1.82) is 0 Å². The van der Waals surface area contributed by atoms with Crippen LogP contribution in [-0.4, -0.2) is 24.0 Å². The molecule has 1 heterocycles. The molecule has 0 aliphatic carbocycles. The molecule has 0 bridgehead atoms. The van der Waals surface area contributed by atoms with E-state index in [9.17, 15) is 0 Å². The molecule has 0 fully saturated rings. The molecule has 0 radical (unpaired) electrons. The topological polar surface area (TPSA) is 49.3 Å². The molecular formula is C17H25IN4S. The van der Waals surface area contributed by atoms with Gasteiger partial charge in [-0.2, -0.15) is 0 Å². The Balaban J connectivity index is 0.00000264. The first-order chi connectivity index (χ1) is 10.7. The molecule has 23 heavy (non-hydrogen) atoms. The molecule has 0 aliphatic heterocycles. The maximum Gasteiger partial charge on any atom is 0.191 e. The Bertz CT molecular complexity index is 598. The average molecular weight is 444 g/mol. The minimum absolute atomic E-state index is 0. The summed E-state index contributed by atoms with van der Waals surface area (Å²) in [5.41, 5.74) is 4.28. The van der Waals surface area contributed by atoms with Crippen molar-refractivity contribution in [2.24, 2.45) is 4.99 Å². The van der Waals surface area contributed by atoms with Crippen molar-refractivity contribution in [3.63, 3.8) is 0 Å². The van der Waals surface area contributed by atoms with Gasteiger partial charge in [0.25, 0.3) is 0 Å². The Labute approximate surface area is 159 Å². The summed E-state index contributed by atoms with van der Waals surface area (Å²) in [6.07, 6.45) is 0. The van der Waals surface area contributed by atoms with Crippen LogP contribution in [0.2, 0.25) is 0 Å². The third-order valence-electron chi connectivity index (χ3n) is 3.51. The number of aromatic nitrogens is 1. The summed E-state index contributed by atoms with van der Waals surface area (Å²) in [5.74, 6) is 1.30. The number of nitrogens with one attached hydrogen (secondary N) is 2. The maximum absolute atomic E-state index is 4.65. The van der Waals surface area contributed by atoms with Crippen LogP contribution >= 0.6 is 35.3 Å². The van der Waals surface area contributed by atoms with Gasteiger partial charge in [0.2, 0.25) is 0 Å². The van der Waals surface area contributed by atoms with E-state index in [0.717, 1.165) is 24.7 Å².